The van der Waals surface area contributed by atoms with Crippen molar-refractivity contribution >= 4 is 11.8 Å². The van der Waals surface area contributed by atoms with Gasteiger partial charge in [-0.05, 0) is 56.5 Å². The van der Waals surface area contributed by atoms with E-state index in [9.17, 15) is 9.59 Å². The van der Waals surface area contributed by atoms with Crippen molar-refractivity contribution < 1.29 is 9.59 Å². The second-order valence-electron chi connectivity index (χ2n) is 8.76. The lowest BCUT2D eigenvalue weighted by Gasteiger charge is -2.37. The average Bonchev–Trinajstić information content (AvgIpc) is 2.69. The summed E-state index contributed by atoms with van der Waals surface area (Å²) in [6.07, 6.45) is 10.2. The predicted octanol–water partition coefficient (Wildman–Crippen LogP) is 2.65. The fourth-order valence-electron chi connectivity index (χ4n) is 4.91. The molecule has 0 bridgehead atoms. The van der Waals surface area contributed by atoms with Crippen molar-refractivity contribution in [2.24, 2.45) is 17.8 Å². The molecule has 5 nitrogen and oxygen atoms in total. The van der Waals surface area contributed by atoms with Crippen LogP contribution in [0.15, 0.2) is 0 Å². The number of nitrogens with one attached hydrogen (secondary N) is 1. The Hall–Kier alpha value is -1.10. The van der Waals surface area contributed by atoms with Crippen LogP contribution in [0.3, 0.4) is 0 Å². The fraction of sp³-hybridized carbons (Fsp3) is 0.905. The van der Waals surface area contributed by atoms with E-state index in [-0.39, 0.29) is 5.91 Å². The molecule has 2 saturated heterocycles. The standard InChI is InChI=1S/C21H37N3O2/c1-17(19-8-5-9-22-16-19)14-20(25)23-10-12-24(13-11-23)21(26)15-18-6-3-2-4-7-18/h17-19,22H,2-16H2,1H3. The van der Waals surface area contributed by atoms with Crippen LogP contribution in [-0.4, -0.2) is 60.9 Å². The van der Waals surface area contributed by atoms with Gasteiger partial charge >= 0.3 is 0 Å². The van der Waals surface area contributed by atoms with E-state index in [2.05, 4.69) is 12.2 Å². The number of amides is 2. The first kappa shape index (κ1) is 19.7. The highest BCUT2D eigenvalue weighted by molar-refractivity contribution is 5.78. The molecule has 1 N–H and O–H groups in total. The van der Waals surface area contributed by atoms with Gasteiger partial charge in [0, 0.05) is 39.0 Å². The molecule has 2 amide bonds. The topological polar surface area (TPSA) is 52.7 Å². The van der Waals surface area contributed by atoms with E-state index >= 15 is 0 Å². The summed E-state index contributed by atoms with van der Waals surface area (Å²) >= 11 is 0. The van der Waals surface area contributed by atoms with E-state index in [4.69, 9.17) is 0 Å². The third-order valence-corrected chi connectivity index (χ3v) is 6.81. The first-order chi connectivity index (χ1) is 12.6. The molecule has 0 radical (unpaired) electrons. The maximum atomic E-state index is 12.6. The summed E-state index contributed by atoms with van der Waals surface area (Å²) in [4.78, 5) is 29.2. The minimum atomic E-state index is 0.280. The molecule has 0 aromatic rings. The number of nitrogens with zero attached hydrogens (tertiary/aromatic N) is 2. The molecule has 0 aromatic carbocycles. The Kier molecular flexibility index (Phi) is 7.35. The molecule has 2 atom stereocenters. The van der Waals surface area contributed by atoms with E-state index in [1.807, 2.05) is 9.80 Å². The molecule has 26 heavy (non-hydrogen) atoms. The summed E-state index contributed by atoms with van der Waals surface area (Å²) < 4.78 is 0. The Balaban J connectivity index is 1.38. The molecule has 2 unspecified atom stereocenters. The van der Waals surface area contributed by atoms with Gasteiger partial charge in [-0.15, -0.1) is 0 Å². The Morgan fingerprint density at radius 2 is 1.58 bits per heavy atom. The minimum Gasteiger partial charge on any atom is -0.339 e. The van der Waals surface area contributed by atoms with E-state index in [0.717, 1.165) is 32.6 Å². The minimum absolute atomic E-state index is 0.280. The van der Waals surface area contributed by atoms with Crippen molar-refractivity contribution in [1.82, 2.24) is 15.1 Å². The maximum Gasteiger partial charge on any atom is 0.222 e. The van der Waals surface area contributed by atoms with Crippen LogP contribution in [0.1, 0.15) is 64.7 Å². The van der Waals surface area contributed by atoms with Crippen molar-refractivity contribution in [3.05, 3.63) is 0 Å². The molecular weight excluding hydrogens is 326 g/mol. The van der Waals surface area contributed by atoms with Crippen molar-refractivity contribution in [2.45, 2.75) is 64.7 Å². The van der Waals surface area contributed by atoms with Gasteiger partial charge in [0.15, 0.2) is 0 Å². The van der Waals surface area contributed by atoms with Crippen LogP contribution in [0, 0.1) is 17.8 Å². The number of hydrogen-bond acceptors (Lipinski definition) is 3. The number of piperazine rings is 1. The number of rotatable bonds is 5. The summed E-state index contributed by atoms with van der Waals surface area (Å²) in [7, 11) is 0. The van der Waals surface area contributed by atoms with Gasteiger partial charge in [0.05, 0.1) is 0 Å². The van der Waals surface area contributed by atoms with Gasteiger partial charge in [0.25, 0.3) is 0 Å². The predicted molar refractivity (Wildman–Crippen MR) is 104 cm³/mol. The lowest BCUT2D eigenvalue weighted by Crippen LogP contribution is -2.51. The van der Waals surface area contributed by atoms with Gasteiger partial charge in [-0.2, -0.15) is 0 Å². The molecule has 3 fully saturated rings. The molecule has 0 spiro atoms. The van der Waals surface area contributed by atoms with E-state index in [0.29, 0.717) is 43.2 Å². The Morgan fingerprint density at radius 3 is 2.19 bits per heavy atom. The fourth-order valence-corrected chi connectivity index (χ4v) is 4.91. The summed E-state index contributed by atoms with van der Waals surface area (Å²) in [5, 5.41) is 3.45. The first-order valence-corrected chi connectivity index (χ1v) is 10.9. The Morgan fingerprint density at radius 1 is 0.923 bits per heavy atom. The second-order valence-corrected chi connectivity index (χ2v) is 8.76. The van der Waals surface area contributed by atoms with Crippen molar-refractivity contribution in [3.8, 4) is 0 Å². The number of carbonyl (C=O) groups excluding carboxylic acids is 2. The van der Waals surface area contributed by atoms with E-state index in [1.54, 1.807) is 0 Å². The van der Waals surface area contributed by atoms with Crippen LogP contribution in [0.4, 0.5) is 0 Å². The quantitative estimate of drug-likeness (QED) is 0.817. The van der Waals surface area contributed by atoms with Crippen LogP contribution in [0.5, 0.6) is 0 Å². The van der Waals surface area contributed by atoms with Crippen molar-refractivity contribution in [1.29, 1.82) is 0 Å². The molecule has 2 heterocycles. The lowest BCUT2D eigenvalue weighted by atomic mass is 9.85. The highest BCUT2D eigenvalue weighted by Gasteiger charge is 2.28. The van der Waals surface area contributed by atoms with Crippen molar-refractivity contribution in [3.63, 3.8) is 0 Å². The highest BCUT2D eigenvalue weighted by Crippen LogP contribution is 2.27. The molecule has 2 aliphatic heterocycles. The molecular formula is C21H37N3O2. The zero-order valence-electron chi connectivity index (χ0n) is 16.5. The smallest absolute Gasteiger partial charge is 0.222 e. The van der Waals surface area contributed by atoms with Gasteiger partial charge in [-0.25, -0.2) is 0 Å². The summed E-state index contributed by atoms with van der Waals surface area (Å²) in [6, 6.07) is 0. The molecule has 1 aliphatic carbocycles. The Bertz CT molecular complexity index is 462. The van der Waals surface area contributed by atoms with Crippen LogP contribution in [-0.2, 0) is 9.59 Å². The van der Waals surface area contributed by atoms with Gasteiger partial charge in [-0.1, -0.05) is 26.2 Å². The lowest BCUT2D eigenvalue weighted by molar-refractivity contribution is -0.141. The van der Waals surface area contributed by atoms with Crippen LogP contribution >= 0.6 is 0 Å². The summed E-state index contributed by atoms with van der Waals surface area (Å²) in [5.74, 6) is 2.27. The third kappa shape index (κ3) is 5.45. The number of hydrogen-bond donors (Lipinski definition) is 1. The third-order valence-electron chi connectivity index (χ3n) is 6.81. The molecule has 148 valence electrons. The molecule has 5 heteroatoms. The number of piperidine rings is 1. The first-order valence-electron chi connectivity index (χ1n) is 10.9. The summed E-state index contributed by atoms with van der Waals surface area (Å²) in [5.41, 5.74) is 0. The highest BCUT2D eigenvalue weighted by atomic mass is 16.2. The molecule has 1 saturated carbocycles. The zero-order chi connectivity index (χ0) is 18.4. The SMILES string of the molecule is CC(CC(=O)N1CCN(C(=O)CC2CCCCC2)CC1)C1CCCNC1. The van der Waals surface area contributed by atoms with E-state index < -0.39 is 0 Å². The van der Waals surface area contributed by atoms with Crippen LogP contribution < -0.4 is 5.32 Å². The van der Waals surface area contributed by atoms with Crippen molar-refractivity contribution in [2.75, 3.05) is 39.3 Å². The van der Waals surface area contributed by atoms with Gasteiger partial charge in [-0.3, -0.25) is 9.59 Å². The normalized spacial score (nSPS) is 26.6. The zero-order valence-corrected chi connectivity index (χ0v) is 16.5. The van der Waals surface area contributed by atoms with E-state index in [1.165, 1.54) is 44.9 Å². The molecule has 0 aromatic heterocycles. The molecule has 3 rings (SSSR count). The molecule has 3 aliphatic rings. The maximum absolute atomic E-state index is 12.6. The second kappa shape index (κ2) is 9.72. The van der Waals surface area contributed by atoms with Gasteiger partial charge < -0.3 is 15.1 Å². The summed E-state index contributed by atoms with van der Waals surface area (Å²) in [6.45, 7) is 7.26. The average molecular weight is 364 g/mol. The monoisotopic (exact) mass is 363 g/mol. The van der Waals surface area contributed by atoms with Crippen LogP contribution in [0.25, 0.3) is 0 Å². The number of carbonyl (C=O) groups is 2. The largest absolute Gasteiger partial charge is 0.339 e. The van der Waals surface area contributed by atoms with Gasteiger partial charge in [0.2, 0.25) is 11.8 Å². The van der Waals surface area contributed by atoms with Crippen LogP contribution in [0.2, 0.25) is 0 Å². The Labute approximate surface area is 158 Å². The van der Waals surface area contributed by atoms with Gasteiger partial charge in [0.1, 0.15) is 0 Å².